The van der Waals surface area contributed by atoms with Crippen molar-refractivity contribution in [3.05, 3.63) is 24.0 Å². The van der Waals surface area contributed by atoms with E-state index in [1.54, 1.807) is 34.8 Å². The summed E-state index contributed by atoms with van der Waals surface area (Å²) < 4.78 is 7.20. The first-order valence-corrected chi connectivity index (χ1v) is 7.16. The number of likely N-dealkylation sites (tertiary alicyclic amines) is 1. The fourth-order valence-electron chi connectivity index (χ4n) is 2.50. The van der Waals surface area contributed by atoms with E-state index < -0.39 is 11.7 Å². The van der Waals surface area contributed by atoms with E-state index >= 15 is 0 Å². The van der Waals surface area contributed by atoms with Gasteiger partial charge in [0, 0.05) is 38.9 Å². The predicted molar refractivity (Wildman–Crippen MR) is 75.5 cm³/mol. The number of Topliss-reactive ketones (excluding diaryl/α,β-unsaturated/α-hetero) is 1. The Morgan fingerprint density at radius 2 is 2.25 bits per heavy atom. The van der Waals surface area contributed by atoms with Gasteiger partial charge in [-0.15, -0.1) is 0 Å². The van der Waals surface area contributed by atoms with Crippen LogP contribution in [0.3, 0.4) is 0 Å². The Hall–Kier alpha value is -1.62. The van der Waals surface area contributed by atoms with Crippen molar-refractivity contribution in [3.8, 4) is 0 Å². The molecular formula is C15H22N2O3. The van der Waals surface area contributed by atoms with Crippen LogP contribution in [0.25, 0.3) is 0 Å². The number of hydrogen-bond donors (Lipinski definition) is 0. The van der Waals surface area contributed by atoms with Gasteiger partial charge in [0.25, 0.3) is 11.7 Å². The number of aromatic nitrogens is 1. The van der Waals surface area contributed by atoms with E-state index in [2.05, 4.69) is 6.92 Å². The van der Waals surface area contributed by atoms with Crippen LogP contribution in [0.2, 0.25) is 0 Å². The quantitative estimate of drug-likeness (QED) is 0.450. The molecule has 0 bridgehead atoms. The number of carbonyl (C=O) groups is 2. The van der Waals surface area contributed by atoms with Crippen molar-refractivity contribution in [2.24, 2.45) is 13.0 Å². The highest BCUT2D eigenvalue weighted by molar-refractivity contribution is 6.42. The first-order valence-electron chi connectivity index (χ1n) is 7.16. The minimum atomic E-state index is -0.423. The van der Waals surface area contributed by atoms with Crippen molar-refractivity contribution < 1.29 is 14.3 Å². The predicted octanol–water partition coefficient (Wildman–Crippen LogP) is 1.48. The van der Waals surface area contributed by atoms with E-state index in [4.69, 9.17) is 4.74 Å². The van der Waals surface area contributed by atoms with Gasteiger partial charge in [0.05, 0.1) is 12.3 Å². The Morgan fingerprint density at radius 1 is 1.45 bits per heavy atom. The normalized spacial score (nSPS) is 18.5. The molecule has 0 spiro atoms. The zero-order valence-corrected chi connectivity index (χ0v) is 12.2. The van der Waals surface area contributed by atoms with E-state index in [1.807, 2.05) is 0 Å². The van der Waals surface area contributed by atoms with Crippen molar-refractivity contribution in [1.82, 2.24) is 9.47 Å². The monoisotopic (exact) mass is 278 g/mol. The standard InChI is InChI=1S/C15H22N2O3/c1-3-9-20-11-12-6-8-17(10-12)15(19)14(18)13-5-4-7-16(13)2/h4-5,7,12H,3,6,8-11H2,1-2H3/t12-/m0/s1. The van der Waals surface area contributed by atoms with Crippen LogP contribution in [-0.4, -0.2) is 47.5 Å². The SMILES string of the molecule is CCCOC[C@H]1CCN(C(=O)C(=O)c2cccn2C)C1. The molecular weight excluding hydrogens is 256 g/mol. The highest BCUT2D eigenvalue weighted by atomic mass is 16.5. The molecule has 0 unspecified atom stereocenters. The summed E-state index contributed by atoms with van der Waals surface area (Å²) >= 11 is 0. The number of nitrogens with zero attached hydrogens (tertiary/aromatic N) is 2. The molecule has 0 radical (unpaired) electrons. The molecule has 0 aromatic carbocycles. The zero-order valence-electron chi connectivity index (χ0n) is 12.2. The Labute approximate surface area is 119 Å². The maximum Gasteiger partial charge on any atom is 0.296 e. The van der Waals surface area contributed by atoms with Gasteiger partial charge in [-0.05, 0) is 25.0 Å². The maximum absolute atomic E-state index is 12.2. The van der Waals surface area contributed by atoms with Gasteiger partial charge in [0.1, 0.15) is 0 Å². The number of carbonyl (C=O) groups excluding carboxylic acids is 2. The lowest BCUT2D eigenvalue weighted by atomic mass is 10.1. The second-order valence-corrected chi connectivity index (χ2v) is 5.31. The van der Waals surface area contributed by atoms with Gasteiger partial charge >= 0.3 is 0 Å². The highest BCUT2D eigenvalue weighted by Gasteiger charge is 2.31. The van der Waals surface area contributed by atoms with Gasteiger partial charge in [-0.1, -0.05) is 6.92 Å². The number of amides is 1. The molecule has 1 aromatic heterocycles. The van der Waals surface area contributed by atoms with Crippen molar-refractivity contribution in [2.45, 2.75) is 19.8 Å². The molecule has 0 N–H and O–H groups in total. The molecule has 1 atom stereocenters. The van der Waals surface area contributed by atoms with Crippen LogP contribution in [0.4, 0.5) is 0 Å². The molecule has 110 valence electrons. The summed E-state index contributed by atoms with van der Waals surface area (Å²) in [6, 6.07) is 3.45. The van der Waals surface area contributed by atoms with Gasteiger partial charge in [-0.25, -0.2) is 0 Å². The van der Waals surface area contributed by atoms with E-state index in [0.29, 0.717) is 31.3 Å². The second kappa shape index (κ2) is 6.70. The van der Waals surface area contributed by atoms with Crippen molar-refractivity contribution in [2.75, 3.05) is 26.3 Å². The Balaban J connectivity index is 1.88. The fourth-order valence-corrected chi connectivity index (χ4v) is 2.50. The van der Waals surface area contributed by atoms with Gasteiger partial charge in [0.2, 0.25) is 0 Å². The maximum atomic E-state index is 12.2. The molecule has 1 aromatic rings. The summed E-state index contributed by atoms with van der Waals surface area (Å²) in [5, 5.41) is 0. The van der Waals surface area contributed by atoms with Crippen LogP contribution >= 0.6 is 0 Å². The van der Waals surface area contributed by atoms with E-state index in [-0.39, 0.29) is 0 Å². The van der Waals surface area contributed by atoms with Gasteiger partial charge in [-0.2, -0.15) is 0 Å². The number of rotatable bonds is 6. The van der Waals surface area contributed by atoms with Crippen LogP contribution in [0.1, 0.15) is 30.3 Å². The molecule has 1 aliphatic heterocycles. The summed E-state index contributed by atoms with van der Waals surface area (Å²) in [4.78, 5) is 26.0. The summed E-state index contributed by atoms with van der Waals surface area (Å²) in [6.07, 6.45) is 3.68. The van der Waals surface area contributed by atoms with Crippen molar-refractivity contribution >= 4 is 11.7 Å². The first-order chi connectivity index (χ1) is 9.63. The zero-order chi connectivity index (χ0) is 14.5. The molecule has 1 amide bonds. The minimum absolute atomic E-state index is 0.353. The molecule has 1 fully saturated rings. The second-order valence-electron chi connectivity index (χ2n) is 5.31. The molecule has 5 nitrogen and oxygen atoms in total. The molecule has 5 heteroatoms. The largest absolute Gasteiger partial charge is 0.381 e. The van der Waals surface area contributed by atoms with Crippen LogP contribution < -0.4 is 0 Å². The molecule has 1 aliphatic rings. The number of aryl methyl sites for hydroxylation is 1. The molecule has 0 aliphatic carbocycles. The number of ketones is 1. The average molecular weight is 278 g/mol. The molecule has 2 heterocycles. The fraction of sp³-hybridized carbons (Fsp3) is 0.600. The third-order valence-electron chi connectivity index (χ3n) is 3.65. The van der Waals surface area contributed by atoms with Crippen LogP contribution in [0.5, 0.6) is 0 Å². The lowest BCUT2D eigenvalue weighted by molar-refractivity contribution is -0.125. The average Bonchev–Trinajstić information content (AvgIpc) is 3.06. The summed E-state index contributed by atoms with van der Waals surface area (Å²) in [7, 11) is 1.77. The van der Waals surface area contributed by atoms with Crippen LogP contribution in [-0.2, 0) is 16.6 Å². The Kier molecular flexibility index (Phi) is 4.95. The molecule has 1 saturated heterocycles. The number of ether oxygens (including phenoxy) is 1. The lowest BCUT2D eigenvalue weighted by Gasteiger charge is -2.16. The van der Waals surface area contributed by atoms with E-state index in [0.717, 1.165) is 19.4 Å². The summed E-state index contributed by atoms with van der Waals surface area (Å²) in [6.45, 7) is 4.78. The summed E-state index contributed by atoms with van der Waals surface area (Å²) in [5.74, 6) is -0.468. The topological polar surface area (TPSA) is 51.5 Å². The molecule has 0 saturated carbocycles. The van der Waals surface area contributed by atoms with Gasteiger partial charge in [0.15, 0.2) is 0 Å². The summed E-state index contributed by atoms with van der Waals surface area (Å²) in [5.41, 5.74) is 0.445. The smallest absolute Gasteiger partial charge is 0.296 e. The Bertz CT molecular complexity index is 481. The third kappa shape index (κ3) is 3.28. The highest BCUT2D eigenvalue weighted by Crippen LogP contribution is 2.18. The Morgan fingerprint density at radius 3 is 2.90 bits per heavy atom. The first kappa shape index (κ1) is 14.8. The van der Waals surface area contributed by atoms with Crippen molar-refractivity contribution in [1.29, 1.82) is 0 Å². The van der Waals surface area contributed by atoms with Crippen molar-refractivity contribution in [3.63, 3.8) is 0 Å². The van der Waals surface area contributed by atoms with Crippen LogP contribution in [0, 0.1) is 5.92 Å². The lowest BCUT2D eigenvalue weighted by Crippen LogP contribution is -2.35. The number of hydrogen-bond acceptors (Lipinski definition) is 3. The molecule has 2 rings (SSSR count). The van der Waals surface area contributed by atoms with E-state index in [9.17, 15) is 9.59 Å². The van der Waals surface area contributed by atoms with Gasteiger partial charge in [-0.3, -0.25) is 9.59 Å². The van der Waals surface area contributed by atoms with Gasteiger partial charge < -0.3 is 14.2 Å². The molecule has 20 heavy (non-hydrogen) atoms. The minimum Gasteiger partial charge on any atom is -0.381 e. The van der Waals surface area contributed by atoms with E-state index in [1.165, 1.54) is 0 Å². The third-order valence-corrected chi connectivity index (χ3v) is 3.65. The van der Waals surface area contributed by atoms with Crippen LogP contribution in [0.15, 0.2) is 18.3 Å².